The van der Waals surface area contributed by atoms with Crippen molar-refractivity contribution in [2.45, 2.75) is 84.8 Å². The van der Waals surface area contributed by atoms with Gasteiger partial charge in [0.2, 0.25) is 0 Å². The lowest BCUT2D eigenvalue weighted by atomic mass is 9.74. The molecule has 1 N–H and O–H groups in total. The van der Waals surface area contributed by atoms with Gasteiger partial charge < -0.3 is 5.32 Å². The Morgan fingerprint density at radius 1 is 1.21 bits per heavy atom. The molecule has 0 aromatic carbocycles. The van der Waals surface area contributed by atoms with Crippen molar-refractivity contribution in [2.75, 3.05) is 13.1 Å². The van der Waals surface area contributed by atoms with Crippen molar-refractivity contribution in [3.63, 3.8) is 0 Å². The zero-order valence-corrected chi connectivity index (χ0v) is 13.7. The molecular formula is C17H34N2. The summed E-state index contributed by atoms with van der Waals surface area (Å²) in [5.74, 6) is 0.764. The zero-order chi connectivity index (χ0) is 14.0. The van der Waals surface area contributed by atoms with E-state index in [2.05, 4.69) is 44.8 Å². The Balaban J connectivity index is 2.01. The summed E-state index contributed by atoms with van der Waals surface area (Å²) in [6.45, 7) is 14.4. The second-order valence-corrected chi connectivity index (χ2v) is 7.92. The maximum Gasteiger partial charge on any atom is 0.0247 e. The predicted octanol–water partition coefficient (Wildman–Crippen LogP) is 3.66. The molecule has 1 saturated carbocycles. The summed E-state index contributed by atoms with van der Waals surface area (Å²) in [5.41, 5.74) is 0.585. The quantitative estimate of drug-likeness (QED) is 0.838. The molecule has 2 rings (SSSR count). The molecular weight excluding hydrogens is 232 g/mol. The van der Waals surface area contributed by atoms with E-state index < -0.39 is 0 Å². The molecule has 0 aromatic heterocycles. The molecule has 2 heteroatoms. The van der Waals surface area contributed by atoms with Gasteiger partial charge in [-0.05, 0) is 43.4 Å². The zero-order valence-electron chi connectivity index (χ0n) is 13.7. The third kappa shape index (κ3) is 3.72. The Morgan fingerprint density at radius 3 is 2.37 bits per heavy atom. The minimum atomic E-state index is 0.585. The van der Waals surface area contributed by atoms with Crippen molar-refractivity contribution in [1.29, 1.82) is 0 Å². The van der Waals surface area contributed by atoms with Gasteiger partial charge in [-0.15, -0.1) is 0 Å². The molecule has 2 aliphatic rings. The maximum absolute atomic E-state index is 3.74. The minimum absolute atomic E-state index is 0.585. The summed E-state index contributed by atoms with van der Waals surface area (Å²) in [6.07, 6.45) is 6.89. The first-order valence-electron chi connectivity index (χ1n) is 8.42. The lowest BCUT2D eigenvalue weighted by molar-refractivity contribution is 0.0213. The van der Waals surface area contributed by atoms with E-state index in [0.29, 0.717) is 11.5 Å². The summed E-state index contributed by atoms with van der Waals surface area (Å²) in [5, 5.41) is 3.74. The fraction of sp³-hybridized carbons (Fsp3) is 1.00. The lowest BCUT2D eigenvalue weighted by Gasteiger charge is -2.49. The highest BCUT2D eigenvalue weighted by Crippen LogP contribution is 2.38. The van der Waals surface area contributed by atoms with Gasteiger partial charge in [0.25, 0.3) is 0 Å². The fourth-order valence-corrected chi connectivity index (χ4v) is 3.89. The van der Waals surface area contributed by atoms with E-state index in [-0.39, 0.29) is 0 Å². The third-order valence-corrected chi connectivity index (χ3v) is 5.51. The van der Waals surface area contributed by atoms with Crippen molar-refractivity contribution >= 4 is 0 Å². The van der Waals surface area contributed by atoms with E-state index in [0.717, 1.165) is 18.0 Å². The van der Waals surface area contributed by atoms with E-state index >= 15 is 0 Å². The van der Waals surface area contributed by atoms with E-state index in [4.69, 9.17) is 0 Å². The van der Waals surface area contributed by atoms with Gasteiger partial charge in [-0.25, -0.2) is 0 Å². The Hall–Kier alpha value is -0.0800. The molecule has 1 saturated heterocycles. The van der Waals surface area contributed by atoms with E-state index in [1.165, 1.54) is 45.2 Å². The van der Waals surface area contributed by atoms with Gasteiger partial charge in [0.1, 0.15) is 0 Å². The molecule has 19 heavy (non-hydrogen) atoms. The first-order chi connectivity index (χ1) is 8.93. The highest BCUT2D eigenvalue weighted by molar-refractivity contribution is 4.93. The molecule has 1 aliphatic carbocycles. The average Bonchev–Trinajstić information content (AvgIpc) is 2.38. The molecule has 1 aliphatic heterocycles. The van der Waals surface area contributed by atoms with Crippen LogP contribution in [0.5, 0.6) is 0 Å². The second kappa shape index (κ2) is 6.13. The highest BCUT2D eigenvalue weighted by atomic mass is 15.3. The van der Waals surface area contributed by atoms with Crippen molar-refractivity contribution < 1.29 is 0 Å². The third-order valence-electron chi connectivity index (χ3n) is 5.51. The fourth-order valence-electron chi connectivity index (χ4n) is 3.89. The Kier molecular flexibility index (Phi) is 4.94. The van der Waals surface area contributed by atoms with Crippen LogP contribution in [0, 0.1) is 11.3 Å². The van der Waals surface area contributed by atoms with Crippen molar-refractivity contribution in [2.24, 2.45) is 11.3 Å². The van der Waals surface area contributed by atoms with E-state index in [1.807, 2.05) is 0 Å². The van der Waals surface area contributed by atoms with Gasteiger partial charge in [0.05, 0.1) is 0 Å². The monoisotopic (exact) mass is 266 g/mol. The van der Waals surface area contributed by atoms with Crippen LogP contribution in [0.25, 0.3) is 0 Å². The largest absolute Gasteiger partial charge is 0.311 e. The Bertz CT molecular complexity index is 275. The molecule has 0 aromatic rings. The smallest absolute Gasteiger partial charge is 0.0247 e. The lowest BCUT2D eigenvalue weighted by Crippen LogP contribution is -2.61. The molecule has 2 nitrogen and oxygen atoms in total. The molecule has 0 spiro atoms. The summed E-state index contributed by atoms with van der Waals surface area (Å²) in [6, 6.07) is 2.30. The Labute approximate surface area is 120 Å². The summed E-state index contributed by atoms with van der Waals surface area (Å²) in [4.78, 5) is 2.87. The molecule has 2 unspecified atom stereocenters. The van der Waals surface area contributed by atoms with Crippen molar-refractivity contribution in [3.8, 4) is 0 Å². The van der Waals surface area contributed by atoms with Gasteiger partial charge in [-0.1, -0.05) is 34.6 Å². The number of hydrogen-bond donors (Lipinski definition) is 1. The Morgan fingerprint density at radius 2 is 1.84 bits per heavy atom. The van der Waals surface area contributed by atoms with Crippen LogP contribution in [0.1, 0.15) is 66.7 Å². The van der Waals surface area contributed by atoms with Gasteiger partial charge in [-0.2, -0.15) is 0 Å². The SMILES string of the molecule is CCC1CN(C2CCC(C)(C)CC2)C(C(C)C)CN1. The number of rotatable bonds is 3. The topological polar surface area (TPSA) is 15.3 Å². The highest BCUT2D eigenvalue weighted by Gasteiger charge is 2.37. The first kappa shape index (κ1) is 15.3. The van der Waals surface area contributed by atoms with Crippen LogP contribution >= 0.6 is 0 Å². The van der Waals surface area contributed by atoms with Gasteiger partial charge in [0.15, 0.2) is 0 Å². The second-order valence-electron chi connectivity index (χ2n) is 7.92. The van der Waals surface area contributed by atoms with E-state index in [1.54, 1.807) is 0 Å². The van der Waals surface area contributed by atoms with Gasteiger partial charge in [0, 0.05) is 31.2 Å². The summed E-state index contributed by atoms with van der Waals surface area (Å²) < 4.78 is 0. The average molecular weight is 266 g/mol. The summed E-state index contributed by atoms with van der Waals surface area (Å²) in [7, 11) is 0. The van der Waals surface area contributed by atoms with E-state index in [9.17, 15) is 0 Å². The number of hydrogen-bond acceptors (Lipinski definition) is 2. The molecule has 0 bridgehead atoms. The van der Waals surface area contributed by atoms with Gasteiger partial charge in [-0.3, -0.25) is 4.90 Å². The first-order valence-corrected chi connectivity index (χ1v) is 8.42. The minimum Gasteiger partial charge on any atom is -0.311 e. The van der Waals surface area contributed by atoms with Crippen LogP contribution in [0.2, 0.25) is 0 Å². The molecule has 2 fully saturated rings. The van der Waals surface area contributed by atoms with Crippen LogP contribution in [0.4, 0.5) is 0 Å². The number of nitrogens with one attached hydrogen (secondary N) is 1. The van der Waals surface area contributed by atoms with Crippen LogP contribution in [-0.4, -0.2) is 36.1 Å². The maximum atomic E-state index is 3.74. The van der Waals surface area contributed by atoms with Crippen molar-refractivity contribution in [1.82, 2.24) is 10.2 Å². The van der Waals surface area contributed by atoms with Crippen LogP contribution < -0.4 is 5.32 Å². The molecule has 1 heterocycles. The number of piperazine rings is 1. The molecule has 0 amide bonds. The molecule has 112 valence electrons. The van der Waals surface area contributed by atoms with Crippen LogP contribution in [0.15, 0.2) is 0 Å². The predicted molar refractivity (Wildman–Crippen MR) is 83.5 cm³/mol. The van der Waals surface area contributed by atoms with Crippen LogP contribution in [0.3, 0.4) is 0 Å². The standard InChI is InChI=1S/C17H34N2/c1-6-14-12-19(16(11-18-14)13(2)3)15-7-9-17(4,5)10-8-15/h13-16,18H,6-12H2,1-5H3. The normalized spacial score (nSPS) is 33.8. The van der Waals surface area contributed by atoms with Gasteiger partial charge >= 0.3 is 0 Å². The molecule has 0 radical (unpaired) electrons. The van der Waals surface area contributed by atoms with Crippen LogP contribution in [-0.2, 0) is 0 Å². The number of nitrogens with zero attached hydrogens (tertiary/aromatic N) is 1. The molecule has 2 atom stereocenters. The van der Waals surface area contributed by atoms with Crippen molar-refractivity contribution in [3.05, 3.63) is 0 Å². The summed E-state index contributed by atoms with van der Waals surface area (Å²) >= 11 is 0.